The predicted octanol–water partition coefficient (Wildman–Crippen LogP) is -5.06. The zero-order chi connectivity index (χ0) is 103. The van der Waals surface area contributed by atoms with Crippen molar-refractivity contribution in [1.29, 1.82) is 10.8 Å². The SMILES string of the molecule is CC[C@H](C)[C@H](NC(=O)[C@H](CO)NC(=O)[C@H](CCCNC(=N)N)NC(C)=O)C(=O)N[C@H]1CSSC[C@@H](C(=O)N[C@H](C(N)=O)[C@@H](C)O)NC(=O)[C@H](CCCNC(=N)N)NC(=O)[C@H](Cc2cnc[nH]2)NC(=O)[C@H](Cc2cccc3ccccc23)NC(=O)CNC(=O)[C@H](Cc2c[nH]c3ccccc23)NC(=O)[C@H](CC(=O)O)NC(=O)[C@H](CCC(N)=O)NC(=O)[C@H](Cc2c[nH]c3ccccc23)NC(=O)[C@H](C(C)C)NC1=O. The molecule has 4 aromatic carbocycles. The summed E-state index contributed by atoms with van der Waals surface area (Å²) in [5.74, 6) is -24.3. The molecule has 0 saturated carbocycles. The molecule has 1 aliphatic heterocycles. The van der Waals surface area contributed by atoms with Gasteiger partial charge < -0.3 is 144 Å². The lowest BCUT2D eigenvalue weighted by atomic mass is 9.97. The third-order valence-corrected chi connectivity index (χ3v) is 25.3. The highest BCUT2D eigenvalue weighted by molar-refractivity contribution is 8.76. The molecule has 50 heteroatoms. The van der Waals surface area contributed by atoms with E-state index >= 15 is 38.4 Å². The van der Waals surface area contributed by atoms with Crippen molar-refractivity contribution < 1.29 is 102 Å². The average molecular weight is 1980 g/mol. The predicted molar refractivity (Wildman–Crippen MR) is 516 cm³/mol. The number of carbonyl (C=O) groups excluding carboxylic acids is 17. The number of nitrogens with zero attached hydrogens (tertiary/aromatic N) is 1. The fourth-order valence-electron chi connectivity index (χ4n) is 15.2. The molecule has 0 aliphatic carbocycles. The summed E-state index contributed by atoms with van der Waals surface area (Å²) < 4.78 is 0. The van der Waals surface area contributed by atoms with E-state index in [-0.39, 0.29) is 63.3 Å². The first-order valence-electron chi connectivity index (χ1n) is 45.1. The van der Waals surface area contributed by atoms with Crippen LogP contribution < -0.4 is 113 Å². The van der Waals surface area contributed by atoms with E-state index in [0.717, 1.165) is 35.4 Å². The molecule has 140 heavy (non-hydrogen) atoms. The van der Waals surface area contributed by atoms with E-state index in [0.29, 0.717) is 49.3 Å². The van der Waals surface area contributed by atoms with E-state index in [1.807, 2.05) is 0 Å². The highest BCUT2D eigenvalue weighted by Gasteiger charge is 2.41. The number of nitrogens with two attached hydrogens (primary N) is 4. The van der Waals surface area contributed by atoms with Crippen LogP contribution in [0.4, 0.5) is 0 Å². The zero-order valence-electron chi connectivity index (χ0n) is 77.8. The van der Waals surface area contributed by atoms with Crippen LogP contribution >= 0.6 is 21.6 Å². The Hall–Kier alpha value is -15.0. The molecular weight excluding hydrogens is 1860 g/mol. The Morgan fingerprint density at radius 3 is 1.60 bits per heavy atom. The number of imidazole rings is 1. The van der Waals surface area contributed by atoms with Crippen LogP contribution in [0.25, 0.3) is 32.6 Å². The van der Waals surface area contributed by atoms with Crippen molar-refractivity contribution in [2.75, 3.05) is 37.7 Å². The first-order chi connectivity index (χ1) is 66.6. The lowest BCUT2D eigenvalue weighted by Gasteiger charge is -2.30. The zero-order valence-corrected chi connectivity index (χ0v) is 79.4. The molecule has 1 aliphatic rings. The van der Waals surface area contributed by atoms with Gasteiger partial charge in [-0.05, 0) is 90.5 Å². The molecule has 4 heterocycles. The van der Waals surface area contributed by atoms with Gasteiger partial charge in [-0.1, -0.05) is 135 Å². The quantitative estimate of drug-likeness (QED) is 0.00756. The second kappa shape index (κ2) is 54.3. The van der Waals surface area contributed by atoms with Gasteiger partial charge in [0, 0.05) is 110 Å². The van der Waals surface area contributed by atoms with Gasteiger partial charge in [0.05, 0.1) is 32.0 Å². The number of fused-ring (bicyclic) bond motifs is 3. The second-order valence-electron chi connectivity index (χ2n) is 33.9. The molecule has 7 aromatic rings. The maximum Gasteiger partial charge on any atom is 0.305 e. The van der Waals surface area contributed by atoms with Crippen LogP contribution in [0.15, 0.2) is 116 Å². The molecule has 0 unspecified atom stereocenters. The Kier molecular flexibility index (Phi) is 42.8. The number of H-pyrrole nitrogens is 3. The molecule has 17 amide bonds. The lowest BCUT2D eigenvalue weighted by Crippen LogP contribution is -2.62. The number of carboxylic acid groups (broad SMARTS) is 1. The van der Waals surface area contributed by atoms with Crippen molar-refractivity contribution in [1.82, 2.24) is 110 Å². The van der Waals surface area contributed by atoms with Crippen LogP contribution in [-0.4, -0.2) is 282 Å². The number of aliphatic hydroxyl groups is 2. The summed E-state index contributed by atoms with van der Waals surface area (Å²) in [6, 6.07) is 0.989. The number of guanidine groups is 2. The number of nitrogens with one attached hydrogen (secondary N) is 22. The number of carbonyl (C=O) groups is 18. The molecule has 756 valence electrons. The minimum Gasteiger partial charge on any atom is -0.481 e. The van der Waals surface area contributed by atoms with Crippen LogP contribution in [0.1, 0.15) is 115 Å². The number of amides is 17. The van der Waals surface area contributed by atoms with Gasteiger partial charge in [0.2, 0.25) is 100 Å². The van der Waals surface area contributed by atoms with E-state index in [1.54, 1.807) is 97.9 Å². The maximum absolute atomic E-state index is 15.6. The third kappa shape index (κ3) is 34.0. The minimum atomic E-state index is -2.13. The summed E-state index contributed by atoms with van der Waals surface area (Å²) in [4.78, 5) is 274. The summed E-state index contributed by atoms with van der Waals surface area (Å²) in [5.41, 5.74) is 25.0. The van der Waals surface area contributed by atoms with E-state index in [9.17, 15) is 63.3 Å². The van der Waals surface area contributed by atoms with Crippen molar-refractivity contribution in [3.8, 4) is 0 Å². The molecule has 8 rings (SSSR count). The molecule has 0 bridgehead atoms. The number of aliphatic hydroxyl groups excluding tert-OH is 2. The monoisotopic (exact) mass is 1980 g/mol. The molecule has 1 fully saturated rings. The van der Waals surface area contributed by atoms with E-state index < -0.39 is 278 Å². The number of carboxylic acids is 1. The van der Waals surface area contributed by atoms with Gasteiger partial charge in [0.15, 0.2) is 11.9 Å². The van der Waals surface area contributed by atoms with Crippen LogP contribution in [0, 0.1) is 22.7 Å². The molecular formula is C90H123N27O21S2. The number of hydrogen-bond donors (Lipinski definition) is 29. The number of rotatable bonds is 36. The van der Waals surface area contributed by atoms with Gasteiger partial charge in [0.1, 0.15) is 84.6 Å². The summed E-state index contributed by atoms with van der Waals surface area (Å²) in [7, 11) is 1.46. The van der Waals surface area contributed by atoms with E-state index in [1.165, 1.54) is 45.7 Å². The van der Waals surface area contributed by atoms with Crippen molar-refractivity contribution in [3.63, 3.8) is 0 Å². The summed E-state index contributed by atoms with van der Waals surface area (Å²) in [5, 5.41) is 92.9. The molecule has 1 saturated heterocycles. The largest absolute Gasteiger partial charge is 0.481 e. The highest BCUT2D eigenvalue weighted by Crippen LogP contribution is 2.27. The number of aromatic nitrogens is 4. The van der Waals surface area contributed by atoms with Gasteiger partial charge in [-0.3, -0.25) is 97.1 Å². The topological polar surface area (TPSA) is 784 Å². The first-order valence-corrected chi connectivity index (χ1v) is 47.6. The maximum atomic E-state index is 15.6. The Balaban J connectivity index is 1.26. The van der Waals surface area contributed by atoms with Crippen molar-refractivity contribution in [3.05, 3.63) is 138 Å². The van der Waals surface area contributed by atoms with Gasteiger partial charge in [0.25, 0.3) is 0 Å². The fourth-order valence-corrected chi connectivity index (χ4v) is 17.5. The molecule has 16 atom stereocenters. The van der Waals surface area contributed by atoms with Crippen LogP contribution in [-0.2, 0) is 112 Å². The van der Waals surface area contributed by atoms with Crippen LogP contribution in [0.5, 0.6) is 0 Å². The summed E-state index contributed by atoms with van der Waals surface area (Å²) in [6.07, 6.45) is -0.311. The smallest absolute Gasteiger partial charge is 0.305 e. The third-order valence-electron chi connectivity index (χ3n) is 22.8. The molecule has 0 radical (unpaired) electrons. The Bertz CT molecular complexity index is 5600. The number of primary amides is 2. The Morgan fingerprint density at radius 1 is 0.521 bits per heavy atom. The van der Waals surface area contributed by atoms with E-state index in [4.69, 9.17) is 33.8 Å². The van der Waals surface area contributed by atoms with Crippen molar-refractivity contribution in [2.24, 2.45) is 34.8 Å². The first kappa shape index (κ1) is 110. The Morgan fingerprint density at radius 2 is 1.04 bits per heavy atom. The molecule has 0 spiro atoms. The van der Waals surface area contributed by atoms with Gasteiger partial charge in [-0.25, -0.2) is 4.98 Å². The lowest BCUT2D eigenvalue weighted by molar-refractivity contribution is -0.141. The number of hydrogen-bond acceptors (Lipinski definition) is 25. The molecule has 48 nitrogen and oxygen atoms in total. The van der Waals surface area contributed by atoms with Crippen LogP contribution in [0.3, 0.4) is 0 Å². The minimum absolute atomic E-state index is 0.0605. The standard InChI is InChI=1S/C90H123N27O21S2/c1-7-45(4)73(116-84(134)66(40-118)112-77(127)58(104-47(6)120)25-15-29-98-89(93)94)88(138)114-68-42-140-139-41-67(86(136)117-74(46(5)119)75(92)125)113-78(128)59(26-16-30-99-90(95)96)106-82(132)64(34-52-38-97-43-103-52)109-80(130)62(31-49-19-14-18-48-17-8-9-20-53(48)49)105-70(122)39-102-76(126)61(32-50-36-100-56-23-12-10-21-54(50)56)108-83(133)65(35-71(123)124)110-79(129)60(27-28-69(91)121)107-81(131)63(111-87(137)72(44(2)3)115-85(68)135)33-51-37-101-57-24-13-11-22-55(51)57/h8-14,17-24,36-38,43-46,58-68,72-74,100-101,118-119H,7,15-16,25-35,39-42H2,1-6H3,(H2,91,121)(H2,92,125)(H,97,103)(H,102,126)(H,104,120)(H,105,122)(H,106,132)(H,107,131)(H,108,133)(H,109,130)(H,110,129)(H,111,137)(H,112,127)(H,113,128)(H,114,138)(H,115,135)(H,116,134)(H,117,136)(H,123,124)(H4,93,94,98)(H4,95,96,99)/t45-,46+,58-,59-,60-,61-,62-,63-,64-,65-,66-,67-,68-,72-,73-,74-/m0/s1. The molecule has 3 aromatic heterocycles. The normalized spacial score (nSPS) is 20.9. The van der Waals surface area contributed by atoms with Gasteiger partial charge >= 0.3 is 5.97 Å². The number of benzene rings is 4. The van der Waals surface area contributed by atoms with Gasteiger partial charge in [-0.15, -0.1) is 0 Å². The number of aliphatic carboxylic acids is 1. The molecule has 33 N–H and O–H groups in total. The van der Waals surface area contributed by atoms with Crippen molar-refractivity contribution >= 4 is 172 Å². The Labute approximate surface area is 811 Å². The van der Waals surface area contributed by atoms with Crippen molar-refractivity contribution in [2.45, 2.75) is 209 Å². The van der Waals surface area contributed by atoms with Crippen LogP contribution in [0.2, 0.25) is 0 Å². The van der Waals surface area contributed by atoms with E-state index in [2.05, 4.69) is 110 Å². The van der Waals surface area contributed by atoms with Gasteiger partial charge in [-0.2, -0.15) is 0 Å². The summed E-state index contributed by atoms with van der Waals surface area (Å²) >= 11 is 0. The fraction of sp³-hybridized carbons (Fsp3) is 0.456. The highest BCUT2D eigenvalue weighted by atomic mass is 33.1. The number of para-hydroxylation sites is 2. The summed E-state index contributed by atoms with van der Waals surface area (Å²) in [6.45, 7) is 6.32. The number of aromatic amines is 3. The second-order valence-corrected chi connectivity index (χ2v) is 36.5. The average Bonchev–Trinajstić information content (AvgIpc) is 1.76.